The van der Waals surface area contributed by atoms with Crippen molar-refractivity contribution in [2.45, 2.75) is 77.9 Å². The number of urea groups is 1. The van der Waals surface area contributed by atoms with Crippen molar-refractivity contribution in [2.24, 2.45) is 24.6 Å². The van der Waals surface area contributed by atoms with Crippen LogP contribution in [0.5, 0.6) is 0 Å². The number of carbonyl (C=O) groups excluding carboxylic acids is 1. The Kier molecular flexibility index (Phi) is 10.9. The van der Waals surface area contributed by atoms with Gasteiger partial charge in [0.1, 0.15) is 6.04 Å². The lowest BCUT2D eigenvalue weighted by Gasteiger charge is -2.47. The molecule has 3 aromatic carbocycles. The minimum Gasteiger partial charge on any atom is -0.480 e. The van der Waals surface area contributed by atoms with Gasteiger partial charge < -0.3 is 30.6 Å². The first-order valence-electron chi connectivity index (χ1n) is 17.2. The third-order valence-corrected chi connectivity index (χ3v) is 9.34. The zero-order chi connectivity index (χ0) is 35.3. The molecule has 1 spiro atoms. The molecule has 1 atom stereocenters. The molecule has 258 valence electrons. The van der Waals surface area contributed by atoms with Crippen LogP contribution in [-0.2, 0) is 23.8 Å². The van der Waals surface area contributed by atoms with Crippen molar-refractivity contribution >= 4 is 28.6 Å². The Hall–Kier alpha value is -4.89. The fourth-order valence-corrected chi connectivity index (χ4v) is 7.15. The number of imidazole rings is 1. The Morgan fingerprint density at radius 2 is 1.65 bits per heavy atom. The molecule has 2 aromatic heterocycles. The van der Waals surface area contributed by atoms with E-state index in [0.29, 0.717) is 5.69 Å². The van der Waals surface area contributed by atoms with Gasteiger partial charge in [-0.1, -0.05) is 93.9 Å². The predicted octanol–water partition coefficient (Wildman–Crippen LogP) is 7.72. The molecule has 5 aromatic rings. The molecule has 0 bridgehead atoms. The summed E-state index contributed by atoms with van der Waals surface area (Å²) in [4.78, 5) is 28.2. The summed E-state index contributed by atoms with van der Waals surface area (Å²) < 4.78 is 4.15. The van der Waals surface area contributed by atoms with E-state index in [1.165, 1.54) is 23.1 Å². The monoisotopic (exact) mass is 662 g/mol. The van der Waals surface area contributed by atoms with Gasteiger partial charge in [0.15, 0.2) is 0 Å². The van der Waals surface area contributed by atoms with Gasteiger partial charge in [0.2, 0.25) is 0 Å². The van der Waals surface area contributed by atoms with E-state index in [2.05, 4.69) is 85.1 Å². The molecule has 49 heavy (non-hydrogen) atoms. The topological polar surface area (TPSA) is 127 Å². The largest absolute Gasteiger partial charge is 0.480 e. The number of benzene rings is 3. The van der Waals surface area contributed by atoms with Gasteiger partial charge in [-0.25, -0.2) is 9.78 Å². The van der Waals surface area contributed by atoms with Gasteiger partial charge >= 0.3 is 12.0 Å². The first kappa shape index (κ1) is 35.4. The van der Waals surface area contributed by atoms with Crippen molar-refractivity contribution in [1.82, 2.24) is 19.4 Å². The smallest absolute Gasteiger partial charge is 0.320 e. The van der Waals surface area contributed by atoms with Gasteiger partial charge in [-0.2, -0.15) is 0 Å². The molecule has 7 rings (SSSR count). The summed E-state index contributed by atoms with van der Waals surface area (Å²) >= 11 is 0. The summed E-state index contributed by atoms with van der Waals surface area (Å²) in [6.07, 6.45) is 7.00. The number of carboxylic acid groups (broad SMARTS) is 1. The number of amides is 2. The van der Waals surface area contributed by atoms with E-state index in [9.17, 15) is 9.59 Å². The molecule has 9 nitrogen and oxygen atoms in total. The summed E-state index contributed by atoms with van der Waals surface area (Å²) in [6, 6.07) is 25.1. The van der Waals surface area contributed by atoms with Crippen molar-refractivity contribution in [3.63, 3.8) is 0 Å². The van der Waals surface area contributed by atoms with Gasteiger partial charge in [0.25, 0.3) is 0 Å². The lowest BCUT2D eigenvalue weighted by Crippen LogP contribution is -2.56. The number of hydrogen-bond acceptors (Lipinski definition) is 4. The van der Waals surface area contributed by atoms with Crippen LogP contribution in [0.15, 0.2) is 91.4 Å². The van der Waals surface area contributed by atoms with E-state index < -0.39 is 12.0 Å². The Bertz CT molecular complexity index is 1880. The lowest BCUT2D eigenvalue weighted by molar-refractivity contribution is -0.138. The molecule has 0 saturated heterocycles. The maximum Gasteiger partial charge on any atom is 0.320 e. The summed E-state index contributed by atoms with van der Waals surface area (Å²) in [7, 11) is 1.87. The van der Waals surface area contributed by atoms with Crippen LogP contribution in [0.25, 0.3) is 22.2 Å². The van der Waals surface area contributed by atoms with Crippen LogP contribution in [0.2, 0.25) is 0 Å². The number of fused-ring (bicyclic) bond motifs is 6. The molecular formula is C40H50N6O3. The average molecular weight is 663 g/mol. The lowest BCUT2D eigenvalue weighted by atomic mass is 9.68. The molecule has 5 N–H and O–H groups in total. The zero-order valence-electron chi connectivity index (χ0n) is 29.5. The highest BCUT2D eigenvalue weighted by molar-refractivity contribution is 5.93. The molecule has 1 aliphatic carbocycles. The van der Waals surface area contributed by atoms with E-state index in [1.807, 2.05) is 72.7 Å². The molecule has 2 amide bonds. The second kappa shape index (κ2) is 15.1. The number of nitrogens with two attached hydrogens (primary N) is 1. The van der Waals surface area contributed by atoms with Gasteiger partial charge in [0.05, 0.1) is 29.3 Å². The molecule has 1 unspecified atom stereocenters. The van der Waals surface area contributed by atoms with Crippen LogP contribution in [0.1, 0.15) is 63.8 Å². The summed E-state index contributed by atoms with van der Waals surface area (Å²) in [5.41, 5.74) is 12.9. The number of aryl methyl sites for hydroxylation is 2. The third-order valence-electron chi connectivity index (χ3n) is 9.34. The summed E-state index contributed by atoms with van der Waals surface area (Å²) in [5, 5.41) is 16.1. The molecule has 1 aliphatic heterocycles. The fourth-order valence-electron chi connectivity index (χ4n) is 7.15. The highest BCUT2D eigenvalue weighted by atomic mass is 16.4. The molecule has 9 heteroatoms. The summed E-state index contributed by atoms with van der Waals surface area (Å²) in [6.45, 7) is 11.1. The number of aliphatic carboxylic acids is 1. The quantitative estimate of drug-likeness (QED) is 0.142. The SMILES string of the molecule is CC(C)CC(C)C.Cc1ccccc1.Cn1c(CC(N)C(=O)O)cc2ccc(NC(=O)NC3CC4(C3)c3ccccc3-c3cncn34)cc21. The van der Waals surface area contributed by atoms with Crippen LogP contribution in [0.4, 0.5) is 10.5 Å². The van der Waals surface area contributed by atoms with E-state index in [4.69, 9.17) is 10.8 Å². The van der Waals surface area contributed by atoms with Gasteiger partial charge in [-0.15, -0.1) is 0 Å². The molecule has 0 radical (unpaired) electrons. The van der Waals surface area contributed by atoms with Crippen molar-refractivity contribution in [3.8, 4) is 11.3 Å². The van der Waals surface area contributed by atoms with Crippen LogP contribution < -0.4 is 16.4 Å². The van der Waals surface area contributed by atoms with E-state index >= 15 is 0 Å². The highest BCUT2D eigenvalue weighted by Crippen LogP contribution is 2.54. The number of carboxylic acids is 1. The number of rotatable bonds is 7. The van der Waals surface area contributed by atoms with Gasteiger partial charge in [-0.05, 0) is 67.2 Å². The molecule has 1 fully saturated rings. The standard InChI is InChI=1S/C26H26N6O3.C7H8.C7H16/c1-31-18(10-21(27)24(33)34)8-15-6-7-16(9-22(15)31)29-25(35)30-17-11-26(12-17)20-5-3-2-4-19(20)23-13-28-14-32(23)26;1-7-5-3-2-4-6-7;1-6(2)5-7(3)4/h2-9,13-14,17,21H,10-12,27H2,1H3,(H,33,34)(H2,29,30,35);2-6H,1H3;6-7H,5H2,1-4H3. The first-order valence-corrected chi connectivity index (χ1v) is 17.2. The number of aromatic nitrogens is 3. The predicted molar refractivity (Wildman–Crippen MR) is 198 cm³/mol. The normalized spacial score (nSPS) is 17.7. The average Bonchev–Trinajstić information content (AvgIpc) is 3.71. The zero-order valence-corrected chi connectivity index (χ0v) is 29.5. The van der Waals surface area contributed by atoms with E-state index in [0.717, 1.165) is 47.0 Å². The minimum absolute atomic E-state index is 0.0549. The van der Waals surface area contributed by atoms with Crippen LogP contribution in [0.3, 0.4) is 0 Å². The van der Waals surface area contributed by atoms with Crippen LogP contribution >= 0.6 is 0 Å². The fraction of sp³-hybridized carbons (Fsp3) is 0.375. The second-order valence-corrected chi connectivity index (χ2v) is 14.2. The second-order valence-electron chi connectivity index (χ2n) is 14.2. The van der Waals surface area contributed by atoms with Crippen LogP contribution in [0, 0.1) is 18.8 Å². The maximum absolute atomic E-state index is 12.8. The van der Waals surface area contributed by atoms with Crippen molar-refractivity contribution < 1.29 is 14.7 Å². The number of anilines is 1. The molecule has 2 aliphatic rings. The number of carbonyl (C=O) groups is 2. The Labute approximate surface area is 289 Å². The van der Waals surface area contributed by atoms with Crippen molar-refractivity contribution in [3.05, 3.63) is 108 Å². The Morgan fingerprint density at radius 3 is 2.27 bits per heavy atom. The van der Waals surface area contributed by atoms with Crippen molar-refractivity contribution in [2.75, 3.05) is 5.32 Å². The van der Waals surface area contributed by atoms with Gasteiger partial charge in [-0.3, -0.25) is 4.79 Å². The number of hydrogen-bond donors (Lipinski definition) is 4. The van der Waals surface area contributed by atoms with E-state index in [1.54, 1.807) is 0 Å². The van der Waals surface area contributed by atoms with Crippen LogP contribution in [-0.4, -0.2) is 43.3 Å². The Morgan fingerprint density at radius 1 is 0.980 bits per heavy atom. The molecular weight excluding hydrogens is 612 g/mol. The van der Waals surface area contributed by atoms with E-state index in [-0.39, 0.29) is 24.0 Å². The van der Waals surface area contributed by atoms with Gasteiger partial charge in [0, 0.05) is 36.5 Å². The highest BCUT2D eigenvalue weighted by Gasteiger charge is 2.52. The Balaban J connectivity index is 0.000000280. The summed E-state index contributed by atoms with van der Waals surface area (Å²) in [5.74, 6) is 0.720. The number of nitrogens with zero attached hydrogens (tertiary/aromatic N) is 3. The molecule has 1 saturated carbocycles. The molecule has 3 heterocycles. The minimum atomic E-state index is -1.03. The maximum atomic E-state index is 12.8. The first-order chi connectivity index (χ1) is 23.4. The number of nitrogens with one attached hydrogen (secondary N) is 2. The van der Waals surface area contributed by atoms with Crippen molar-refractivity contribution in [1.29, 1.82) is 0 Å². The third kappa shape index (κ3) is 8.05.